The van der Waals surface area contributed by atoms with E-state index in [-0.39, 0.29) is 24.8 Å². The zero-order chi connectivity index (χ0) is 28.2. The molecule has 0 atom stereocenters. The third-order valence-corrected chi connectivity index (χ3v) is 7.16. The van der Waals surface area contributed by atoms with Crippen molar-refractivity contribution in [2.24, 2.45) is 16.4 Å². The fourth-order valence-corrected chi connectivity index (χ4v) is 4.85. The highest BCUT2D eigenvalue weighted by Gasteiger charge is 2.36. The van der Waals surface area contributed by atoms with Crippen LogP contribution in [0.4, 0.5) is 16.2 Å². The predicted molar refractivity (Wildman–Crippen MR) is 150 cm³/mol. The third-order valence-electron chi connectivity index (χ3n) is 7.16. The van der Waals surface area contributed by atoms with Gasteiger partial charge in [-0.1, -0.05) is 58.2 Å². The number of nitrogens with zero attached hydrogens (tertiary/aromatic N) is 3. The van der Waals surface area contributed by atoms with Gasteiger partial charge in [0.1, 0.15) is 6.54 Å². The van der Waals surface area contributed by atoms with E-state index in [4.69, 9.17) is 9.84 Å². The number of benzene rings is 2. The van der Waals surface area contributed by atoms with Gasteiger partial charge in [0.05, 0.1) is 30.6 Å². The SMILES string of the molecule is COC(=O)c1ccc(NC(=O)CN2N=C(C3CCCCC3)c3ccccc3N(CC(=O)C(C)(C)C)C2=O)cc1. The maximum atomic E-state index is 13.9. The fourth-order valence-electron chi connectivity index (χ4n) is 4.85. The molecule has 0 unspecified atom stereocenters. The molecular formula is C30H36N4O5. The summed E-state index contributed by atoms with van der Waals surface area (Å²) >= 11 is 0. The van der Waals surface area contributed by atoms with E-state index in [1.807, 2.05) is 45.0 Å². The van der Waals surface area contributed by atoms with E-state index in [1.165, 1.54) is 17.0 Å². The Hall–Kier alpha value is -4.01. The number of para-hydroxylation sites is 1. The molecule has 1 N–H and O–H groups in total. The van der Waals surface area contributed by atoms with Crippen LogP contribution in [0.5, 0.6) is 0 Å². The van der Waals surface area contributed by atoms with Gasteiger partial charge >= 0.3 is 12.0 Å². The average molecular weight is 533 g/mol. The van der Waals surface area contributed by atoms with Gasteiger partial charge in [0.2, 0.25) is 5.91 Å². The lowest BCUT2D eigenvalue weighted by Gasteiger charge is -2.28. The van der Waals surface area contributed by atoms with Crippen molar-refractivity contribution in [3.63, 3.8) is 0 Å². The molecule has 3 amide bonds. The number of fused-ring (bicyclic) bond motifs is 1. The Morgan fingerprint density at radius 3 is 2.28 bits per heavy atom. The number of hydrogen-bond acceptors (Lipinski definition) is 6. The topological polar surface area (TPSA) is 108 Å². The molecular weight excluding hydrogens is 496 g/mol. The van der Waals surface area contributed by atoms with Crippen LogP contribution in [0.3, 0.4) is 0 Å². The third kappa shape index (κ3) is 6.53. The number of rotatable bonds is 7. The molecule has 2 aliphatic rings. The van der Waals surface area contributed by atoms with E-state index in [0.717, 1.165) is 43.4 Å². The average Bonchev–Trinajstić information content (AvgIpc) is 3.03. The second-order valence-corrected chi connectivity index (χ2v) is 11.1. The smallest absolute Gasteiger partial charge is 0.345 e. The molecule has 2 aromatic rings. The number of carbonyl (C=O) groups excluding carboxylic acids is 4. The lowest BCUT2D eigenvalue weighted by molar-refractivity contribution is -0.124. The number of carbonyl (C=O) groups is 4. The van der Waals surface area contributed by atoms with Gasteiger partial charge in [-0.3, -0.25) is 14.5 Å². The molecule has 1 fully saturated rings. The first-order chi connectivity index (χ1) is 18.6. The minimum Gasteiger partial charge on any atom is -0.465 e. The number of esters is 1. The summed E-state index contributed by atoms with van der Waals surface area (Å²) in [5.74, 6) is -0.865. The first-order valence-electron chi connectivity index (χ1n) is 13.4. The summed E-state index contributed by atoms with van der Waals surface area (Å²) in [6.07, 6.45) is 5.23. The van der Waals surface area contributed by atoms with Crippen LogP contribution in [-0.4, -0.2) is 54.6 Å². The van der Waals surface area contributed by atoms with E-state index in [1.54, 1.807) is 24.3 Å². The van der Waals surface area contributed by atoms with E-state index >= 15 is 0 Å². The highest BCUT2D eigenvalue weighted by molar-refractivity contribution is 6.13. The molecule has 9 nitrogen and oxygen atoms in total. The van der Waals surface area contributed by atoms with Gasteiger partial charge in [-0.25, -0.2) is 14.6 Å². The first kappa shape index (κ1) is 28.0. The molecule has 1 aliphatic carbocycles. The Morgan fingerprint density at radius 1 is 0.974 bits per heavy atom. The molecule has 0 radical (unpaired) electrons. The number of amides is 3. The summed E-state index contributed by atoms with van der Waals surface area (Å²) in [6, 6.07) is 13.3. The van der Waals surface area contributed by atoms with Crippen LogP contribution in [0.15, 0.2) is 53.6 Å². The minimum atomic E-state index is -0.646. The van der Waals surface area contributed by atoms with Crippen molar-refractivity contribution < 1.29 is 23.9 Å². The summed E-state index contributed by atoms with van der Waals surface area (Å²) in [6.45, 7) is 5.01. The van der Waals surface area contributed by atoms with Gasteiger partial charge in [0.15, 0.2) is 5.78 Å². The lowest BCUT2D eigenvalue weighted by atomic mass is 9.83. The molecule has 0 aromatic heterocycles. The number of hydrogen-bond donors (Lipinski definition) is 1. The summed E-state index contributed by atoms with van der Waals surface area (Å²) in [5, 5.41) is 8.75. The molecule has 0 saturated heterocycles. The van der Waals surface area contributed by atoms with Crippen LogP contribution < -0.4 is 10.2 Å². The van der Waals surface area contributed by atoms with E-state index in [0.29, 0.717) is 16.9 Å². The van der Waals surface area contributed by atoms with Crippen LogP contribution in [0.1, 0.15) is 68.8 Å². The number of methoxy groups -OCH3 is 1. The maximum absolute atomic E-state index is 13.9. The highest BCUT2D eigenvalue weighted by atomic mass is 16.5. The zero-order valence-electron chi connectivity index (χ0n) is 23.0. The van der Waals surface area contributed by atoms with Crippen molar-refractivity contribution >= 4 is 40.8 Å². The summed E-state index contributed by atoms with van der Waals surface area (Å²) in [7, 11) is 1.30. The maximum Gasteiger partial charge on any atom is 0.345 e. The van der Waals surface area contributed by atoms with Crippen LogP contribution in [0, 0.1) is 11.3 Å². The monoisotopic (exact) mass is 532 g/mol. The summed E-state index contributed by atoms with van der Waals surface area (Å²) < 4.78 is 4.71. The van der Waals surface area contributed by atoms with Gasteiger partial charge in [-0.15, -0.1) is 0 Å². The van der Waals surface area contributed by atoms with Crippen molar-refractivity contribution in [1.29, 1.82) is 0 Å². The molecule has 0 bridgehead atoms. The minimum absolute atomic E-state index is 0.0955. The standard InChI is InChI=1S/C30H36N4O5/c1-30(2,3)25(35)18-33-24-13-9-8-12-23(24)27(20-10-6-5-7-11-20)32-34(29(33)38)19-26(36)31-22-16-14-21(15-17-22)28(37)39-4/h8-9,12-17,20H,5-7,10-11,18-19H2,1-4H3,(H,31,36). The van der Waals surface area contributed by atoms with E-state index < -0.39 is 23.3 Å². The van der Waals surface area contributed by atoms with Crippen molar-refractivity contribution in [1.82, 2.24) is 5.01 Å². The predicted octanol–water partition coefficient (Wildman–Crippen LogP) is 5.25. The lowest BCUT2D eigenvalue weighted by Crippen LogP contribution is -2.47. The van der Waals surface area contributed by atoms with Crippen LogP contribution >= 0.6 is 0 Å². The second kappa shape index (κ2) is 11.8. The number of urea groups is 1. The molecule has 1 aliphatic heterocycles. The van der Waals surface area contributed by atoms with Crippen molar-refractivity contribution in [2.75, 3.05) is 30.4 Å². The molecule has 1 saturated carbocycles. The van der Waals surface area contributed by atoms with Gasteiger partial charge in [-0.05, 0) is 43.2 Å². The first-order valence-corrected chi connectivity index (χ1v) is 13.4. The van der Waals surface area contributed by atoms with Crippen molar-refractivity contribution in [3.8, 4) is 0 Å². The number of anilines is 2. The van der Waals surface area contributed by atoms with Crippen molar-refractivity contribution in [2.45, 2.75) is 52.9 Å². The normalized spacial score (nSPS) is 16.2. The Balaban J connectivity index is 1.65. The number of Topliss-reactive ketones (excluding diaryl/α,β-unsaturated/α-hetero) is 1. The molecule has 39 heavy (non-hydrogen) atoms. The molecule has 206 valence electrons. The van der Waals surface area contributed by atoms with E-state index in [9.17, 15) is 19.2 Å². The molecule has 9 heteroatoms. The Morgan fingerprint density at radius 2 is 1.64 bits per heavy atom. The fraction of sp³-hybridized carbons (Fsp3) is 0.433. The van der Waals surface area contributed by atoms with Gasteiger partial charge in [0.25, 0.3) is 0 Å². The number of ketones is 1. The molecule has 1 heterocycles. The van der Waals surface area contributed by atoms with Gasteiger partial charge in [0, 0.05) is 22.6 Å². The second-order valence-electron chi connectivity index (χ2n) is 11.1. The number of nitrogens with one attached hydrogen (secondary N) is 1. The Bertz CT molecular complexity index is 1270. The number of hydrazone groups is 1. The quantitative estimate of drug-likeness (QED) is 0.490. The van der Waals surface area contributed by atoms with Crippen LogP contribution in [0.2, 0.25) is 0 Å². The number of ether oxygens (including phenoxy) is 1. The molecule has 4 rings (SSSR count). The van der Waals surface area contributed by atoms with E-state index in [2.05, 4.69) is 5.32 Å². The van der Waals surface area contributed by atoms with Crippen LogP contribution in [-0.2, 0) is 14.3 Å². The summed E-state index contributed by atoms with van der Waals surface area (Å²) in [5.41, 5.74) is 2.41. The zero-order valence-corrected chi connectivity index (χ0v) is 23.0. The van der Waals surface area contributed by atoms with Gasteiger partial charge in [-0.2, -0.15) is 5.10 Å². The Labute approximate surface area is 229 Å². The largest absolute Gasteiger partial charge is 0.465 e. The highest BCUT2D eigenvalue weighted by Crippen LogP contribution is 2.34. The van der Waals surface area contributed by atoms with Crippen molar-refractivity contribution in [3.05, 3.63) is 59.7 Å². The van der Waals surface area contributed by atoms with Gasteiger partial charge < -0.3 is 10.1 Å². The summed E-state index contributed by atoms with van der Waals surface area (Å²) in [4.78, 5) is 53.2. The Kier molecular flexibility index (Phi) is 8.47. The molecule has 0 spiro atoms. The molecule has 2 aromatic carbocycles. The van der Waals surface area contributed by atoms with Crippen LogP contribution in [0.25, 0.3) is 0 Å².